The number of Topliss-reactive ketones (excluding diaryl/α,β-unsaturated/α-hetero) is 1. The van der Waals surface area contributed by atoms with Gasteiger partial charge in [0.25, 0.3) is 0 Å². The molecule has 1 aromatic carbocycles. The molecule has 0 N–H and O–H groups in total. The van der Waals surface area contributed by atoms with Gasteiger partial charge >= 0.3 is 0 Å². The molecule has 3 nitrogen and oxygen atoms in total. The van der Waals surface area contributed by atoms with Gasteiger partial charge in [-0.25, -0.2) is 0 Å². The second-order valence-corrected chi connectivity index (χ2v) is 5.59. The topological polar surface area (TPSA) is 35.5 Å². The second kappa shape index (κ2) is 8.15. The molecule has 0 aromatic heterocycles. The predicted octanol–water partition coefficient (Wildman–Crippen LogP) is 4.46. The van der Waals surface area contributed by atoms with Crippen LogP contribution in [-0.2, 0) is 0 Å². The highest BCUT2D eigenvalue weighted by atomic mass is 35.5. The highest BCUT2D eigenvalue weighted by Gasteiger charge is 2.13. The fourth-order valence-electron chi connectivity index (χ4n) is 1.75. The van der Waals surface area contributed by atoms with Gasteiger partial charge in [0, 0.05) is 17.9 Å². The third kappa shape index (κ3) is 5.41. The summed E-state index contributed by atoms with van der Waals surface area (Å²) in [6.45, 7) is 7.81. The van der Waals surface area contributed by atoms with Crippen LogP contribution < -0.4 is 9.47 Å². The van der Waals surface area contributed by atoms with Crippen LogP contribution in [0.25, 0.3) is 0 Å². The summed E-state index contributed by atoms with van der Waals surface area (Å²) in [6.07, 6.45) is 1.22. The summed E-state index contributed by atoms with van der Waals surface area (Å²) < 4.78 is 11.4. The number of carbonyl (C=O) groups excluding carboxylic acids is 1. The molecule has 4 heteroatoms. The number of halogens is 1. The SMILES string of the molecule is CC(C)Oc1ccc(C(=O)CCCCl)cc1OC(C)C. The Hall–Kier alpha value is -1.22. The zero-order valence-corrected chi connectivity index (χ0v) is 13.4. The van der Waals surface area contributed by atoms with Crippen LogP contribution in [0.2, 0.25) is 0 Å². The first kappa shape index (κ1) is 16.8. The van der Waals surface area contributed by atoms with Crippen LogP contribution in [0.15, 0.2) is 18.2 Å². The molecule has 0 atom stereocenters. The van der Waals surface area contributed by atoms with Crippen molar-refractivity contribution in [2.45, 2.75) is 52.7 Å². The van der Waals surface area contributed by atoms with Gasteiger partial charge in [0.1, 0.15) is 0 Å². The van der Waals surface area contributed by atoms with Gasteiger partial charge in [0.15, 0.2) is 17.3 Å². The standard InChI is InChI=1S/C16H23ClO3/c1-11(2)19-15-8-7-13(14(18)6-5-9-17)10-16(15)20-12(3)4/h7-8,10-12H,5-6,9H2,1-4H3. The summed E-state index contributed by atoms with van der Waals surface area (Å²) in [4.78, 5) is 12.0. The van der Waals surface area contributed by atoms with E-state index >= 15 is 0 Å². The first-order chi connectivity index (χ1) is 9.43. The Kier molecular flexibility index (Phi) is 6.86. The van der Waals surface area contributed by atoms with Crippen LogP contribution in [0.5, 0.6) is 11.5 Å². The molecule has 0 unspecified atom stereocenters. The molecule has 0 aliphatic carbocycles. The van der Waals surface area contributed by atoms with Crippen molar-refractivity contribution < 1.29 is 14.3 Å². The zero-order chi connectivity index (χ0) is 15.1. The molecule has 1 aromatic rings. The van der Waals surface area contributed by atoms with Gasteiger partial charge in [-0.3, -0.25) is 4.79 Å². The molecule has 0 saturated carbocycles. The molecule has 0 saturated heterocycles. The Morgan fingerprint density at radius 3 is 2.25 bits per heavy atom. The fraction of sp³-hybridized carbons (Fsp3) is 0.562. The molecule has 0 fully saturated rings. The summed E-state index contributed by atoms with van der Waals surface area (Å²) in [6, 6.07) is 5.33. The number of benzene rings is 1. The lowest BCUT2D eigenvalue weighted by Gasteiger charge is -2.17. The van der Waals surface area contributed by atoms with Gasteiger partial charge in [-0.05, 0) is 52.3 Å². The van der Waals surface area contributed by atoms with Gasteiger partial charge in [-0.15, -0.1) is 11.6 Å². The third-order valence-corrected chi connectivity index (χ3v) is 2.80. The van der Waals surface area contributed by atoms with E-state index in [2.05, 4.69) is 0 Å². The lowest BCUT2D eigenvalue weighted by atomic mass is 10.1. The summed E-state index contributed by atoms with van der Waals surface area (Å²) in [5.41, 5.74) is 0.641. The molecule has 0 amide bonds. The Morgan fingerprint density at radius 1 is 1.10 bits per heavy atom. The Labute approximate surface area is 126 Å². The van der Waals surface area contributed by atoms with Gasteiger partial charge in [0.05, 0.1) is 12.2 Å². The second-order valence-electron chi connectivity index (χ2n) is 5.21. The minimum absolute atomic E-state index is 0.0257. The molecule has 0 spiro atoms. The maximum Gasteiger partial charge on any atom is 0.163 e. The predicted molar refractivity (Wildman–Crippen MR) is 82.3 cm³/mol. The highest BCUT2D eigenvalue weighted by molar-refractivity contribution is 6.18. The van der Waals surface area contributed by atoms with E-state index in [1.54, 1.807) is 18.2 Å². The van der Waals surface area contributed by atoms with Crippen molar-refractivity contribution >= 4 is 17.4 Å². The first-order valence-electron chi connectivity index (χ1n) is 7.00. The summed E-state index contributed by atoms with van der Waals surface area (Å²) in [5, 5.41) is 0. The number of carbonyl (C=O) groups is 1. The van der Waals surface area contributed by atoms with E-state index in [4.69, 9.17) is 21.1 Å². The maximum absolute atomic E-state index is 12.0. The average Bonchev–Trinajstić information content (AvgIpc) is 2.36. The molecular weight excluding hydrogens is 276 g/mol. The zero-order valence-electron chi connectivity index (χ0n) is 12.6. The number of hydrogen-bond acceptors (Lipinski definition) is 3. The lowest BCUT2D eigenvalue weighted by Crippen LogP contribution is -2.11. The van der Waals surface area contributed by atoms with Crippen LogP contribution in [-0.4, -0.2) is 23.9 Å². The first-order valence-corrected chi connectivity index (χ1v) is 7.54. The summed E-state index contributed by atoms with van der Waals surface area (Å²) in [7, 11) is 0. The summed E-state index contributed by atoms with van der Waals surface area (Å²) >= 11 is 5.62. The number of alkyl halides is 1. The minimum atomic E-state index is 0.0257. The Morgan fingerprint density at radius 2 is 1.70 bits per heavy atom. The van der Waals surface area contributed by atoms with E-state index in [9.17, 15) is 4.79 Å². The molecule has 0 bridgehead atoms. The van der Waals surface area contributed by atoms with Crippen molar-refractivity contribution in [2.75, 3.05) is 5.88 Å². The van der Waals surface area contributed by atoms with E-state index in [1.807, 2.05) is 27.7 Å². The summed E-state index contributed by atoms with van der Waals surface area (Å²) in [5.74, 6) is 1.86. The Balaban J connectivity index is 2.97. The number of rotatable bonds is 8. The minimum Gasteiger partial charge on any atom is -0.487 e. The monoisotopic (exact) mass is 298 g/mol. The van der Waals surface area contributed by atoms with Crippen LogP contribution in [0.3, 0.4) is 0 Å². The van der Waals surface area contributed by atoms with E-state index in [0.717, 1.165) is 0 Å². The normalized spacial score (nSPS) is 10.9. The molecule has 0 radical (unpaired) electrons. The number of ketones is 1. The highest BCUT2D eigenvalue weighted by Crippen LogP contribution is 2.30. The van der Waals surface area contributed by atoms with Gasteiger partial charge in [-0.2, -0.15) is 0 Å². The van der Waals surface area contributed by atoms with Crippen LogP contribution in [0.1, 0.15) is 50.9 Å². The molecule has 0 heterocycles. The smallest absolute Gasteiger partial charge is 0.163 e. The largest absolute Gasteiger partial charge is 0.487 e. The van der Waals surface area contributed by atoms with E-state index in [1.165, 1.54) is 0 Å². The van der Waals surface area contributed by atoms with Crippen molar-refractivity contribution in [2.24, 2.45) is 0 Å². The van der Waals surface area contributed by atoms with Crippen molar-refractivity contribution in [3.8, 4) is 11.5 Å². The molecule has 112 valence electrons. The van der Waals surface area contributed by atoms with Crippen molar-refractivity contribution in [3.05, 3.63) is 23.8 Å². The average molecular weight is 299 g/mol. The van der Waals surface area contributed by atoms with Crippen LogP contribution in [0, 0.1) is 0 Å². The molecule has 0 aliphatic rings. The van der Waals surface area contributed by atoms with Crippen molar-refractivity contribution in [1.82, 2.24) is 0 Å². The van der Waals surface area contributed by atoms with E-state index in [-0.39, 0.29) is 18.0 Å². The lowest BCUT2D eigenvalue weighted by molar-refractivity contribution is 0.0981. The fourth-order valence-corrected chi connectivity index (χ4v) is 1.88. The molecule has 1 rings (SSSR count). The molecular formula is C16H23ClO3. The van der Waals surface area contributed by atoms with Gasteiger partial charge in [-0.1, -0.05) is 0 Å². The quantitative estimate of drug-likeness (QED) is 0.525. The van der Waals surface area contributed by atoms with Gasteiger partial charge in [0.2, 0.25) is 0 Å². The van der Waals surface area contributed by atoms with Crippen LogP contribution in [0.4, 0.5) is 0 Å². The van der Waals surface area contributed by atoms with Gasteiger partial charge < -0.3 is 9.47 Å². The van der Waals surface area contributed by atoms with Crippen LogP contribution >= 0.6 is 11.6 Å². The molecule has 0 aliphatic heterocycles. The maximum atomic E-state index is 12.0. The number of hydrogen-bond donors (Lipinski definition) is 0. The third-order valence-electron chi connectivity index (χ3n) is 2.53. The Bertz CT molecular complexity index is 441. The van der Waals surface area contributed by atoms with E-state index < -0.39 is 0 Å². The number of ether oxygens (including phenoxy) is 2. The van der Waals surface area contributed by atoms with E-state index in [0.29, 0.717) is 35.8 Å². The van der Waals surface area contributed by atoms with Crippen molar-refractivity contribution in [1.29, 1.82) is 0 Å². The van der Waals surface area contributed by atoms with Crippen molar-refractivity contribution in [3.63, 3.8) is 0 Å². The molecule has 20 heavy (non-hydrogen) atoms.